The minimum Gasteiger partial charge on any atom is -0.332 e. The molecule has 1 aliphatic carbocycles. The minimum absolute atomic E-state index is 0.367. The topological polar surface area (TPSA) is 95.7 Å². The van der Waals surface area contributed by atoms with E-state index in [0.29, 0.717) is 24.0 Å². The van der Waals surface area contributed by atoms with Crippen LogP contribution < -0.4 is 5.73 Å². The average Bonchev–Trinajstić information content (AvgIpc) is 3.15. The van der Waals surface area contributed by atoms with Gasteiger partial charge in [0, 0.05) is 0 Å². The van der Waals surface area contributed by atoms with E-state index in [-0.39, 0.29) is 0 Å². The zero-order valence-corrected chi connectivity index (χ0v) is 12.0. The summed E-state index contributed by atoms with van der Waals surface area (Å²) in [7, 11) is 0. The lowest BCUT2D eigenvalue weighted by molar-refractivity contribution is 0.229. The maximum atomic E-state index is 6.20. The Bertz CT molecular complexity index is 774. The molecule has 0 amide bonds. The summed E-state index contributed by atoms with van der Waals surface area (Å²) < 4.78 is 7.03. The van der Waals surface area contributed by atoms with E-state index in [4.69, 9.17) is 10.3 Å². The van der Waals surface area contributed by atoms with Crippen LogP contribution in [0.3, 0.4) is 0 Å². The quantitative estimate of drug-likeness (QED) is 0.787. The number of nitrogens with zero attached hydrogens (tertiary/aromatic N) is 5. The number of hydrogen-bond acceptors (Lipinski definition) is 6. The highest BCUT2D eigenvalue weighted by atomic mass is 16.5. The van der Waals surface area contributed by atoms with Crippen molar-refractivity contribution < 1.29 is 4.52 Å². The molecule has 0 atom stereocenters. The normalized spacial score (nSPS) is 16.4. The van der Waals surface area contributed by atoms with E-state index in [1.165, 1.54) is 0 Å². The van der Waals surface area contributed by atoms with Crippen LogP contribution in [-0.4, -0.2) is 25.1 Å². The Morgan fingerprint density at radius 3 is 2.77 bits per heavy atom. The van der Waals surface area contributed by atoms with Crippen LogP contribution in [-0.2, 0) is 12.1 Å². The smallest absolute Gasteiger partial charge is 0.280 e. The monoisotopic (exact) mass is 296 g/mol. The van der Waals surface area contributed by atoms with Gasteiger partial charge in [0.15, 0.2) is 11.5 Å². The summed E-state index contributed by atoms with van der Waals surface area (Å²) in [4.78, 5) is 4.38. The van der Waals surface area contributed by atoms with Crippen molar-refractivity contribution in [2.45, 2.75) is 31.3 Å². The Balaban J connectivity index is 1.54. The Morgan fingerprint density at radius 2 is 2.05 bits per heavy atom. The van der Waals surface area contributed by atoms with Gasteiger partial charge in [0.1, 0.15) is 0 Å². The Labute approximate surface area is 127 Å². The third-order valence-corrected chi connectivity index (χ3v) is 4.06. The molecule has 2 N–H and O–H groups in total. The maximum Gasteiger partial charge on any atom is 0.280 e. The van der Waals surface area contributed by atoms with Crippen LogP contribution in [0.25, 0.3) is 11.6 Å². The summed E-state index contributed by atoms with van der Waals surface area (Å²) >= 11 is 0. The van der Waals surface area contributed by atoms with Gasteiger partial charge in [0.25, 0.3) is 5.89 Å². The lowest BCUT2D eigenvalue weighted by atomic mass is 9.77. The fraction of sp³-hybridized carbons (Fsp3) is 0.333. The molecule has 0 radical (unpaired) electrons. The number of hydrogen-bond donors (Lipinski definition) is 1. The maximum absolute atomic E-state index is 6.20. The Kier molecular flexibility index (Phi) is 3.00. The minimum atomic E-state index is -0.429. The highest BCUT2D eigenvalue weighted by Gasteiger charge is 2.39. The largest absolute Gasteiger partial charge is 0.332 e. The predicted molar refractivity (Wildman–Crippen MR) is 78.6 cm³/mol. The number of rotatable bonds is 4. The van der Waals surface area contributed by atoms with Gasteiger partial charge in [-0.3, -0.25) is 0 Å². The molecule has 1 fully saturated rings. The molecule has 0 unspecified atom stereocenters. The van der Waals surface area contributed by atoms with E-state index in [1.807, 2.05) is 30.3 Å². The van der Waals surface area contributed by atoms with Crippen molar-refractivity contribution in [1.82, 2.24) is 25.1 Å². The lowest BCUT2D eigenvalue weighted by Gasteiger charge is -2.34. The van der Waals surface area contributed by atoms with Crippen LogP contribution in [0.2, 0.25) is 0 Å². The molecule has 7 heteroatoms. The molecule has 0 saturated heterocycles. The van der Waals surface area contributed by atoms with Gasteiger partial charge < -0.3 is 10.3 Å². The van der Waals surface area contributed by atoms with Crippen LogP contribution >= 0.6 is 0 Å². The van der Waals surface area contributed by atoms with E-state index in [0.717, 1.165) is 24.8 Å². The number of aromatic nitrogens is 5. The molecule has 112 valence electrons. The van der Waals surface area contributed by atoms with Crippen molar-refractivity contribution in [3.63, 3.8) is 0 Å². The summed E-state index contributed by atoms with van der Waals surface area (Å²) in [5.41, 5.74) is 7.49. The third kappa shape index (κ3) is 2.29. The van der Waals surface area contributed by atoms with Crippen LogP contribution in [0, 0.1) is 0 Å². The molecule has 1 saturated carbocycles. The molecule has 3 aromatic rings. The fourth-order valence-corrected chi connectivity index (χ4v) is 2.56. The van der Waals surface area contributed by atoms with Crippen LogP contribution in [0.5, 0.6) is 0 Å². The SMILES string of the molecule is NC1(c2noc(-c3cn(Cc4ccccc4)nn3)n2)CCC1. The van der Waals surface area contributed by atoms with Gasteiger partial charge in [-0.15, -0.1) is 5.10 Å². The third-order valence-electron chi connectivity index (χ3n) is 4.06. The first kappa shape index (κ1) is 13.1. The second-order valence-electron chi connectivity index (χ2n) is 5.72. The van der Waals surface area contributed by atoms with Crippen LogP contribution in [0.15, 0.2) is 41.1 Å². The van der Waals surface area contributed by atoms with Crippen molar-refractivity contribution in [2.24, 2.45) is 5.73 Å². The summed E-state index contributed by atoms with van der Waals surface area (Å²) in [6.07, 6.45) is 4.70. The summed E-state index contributed by atoms with van der Waals surface area (Å²) in [6, 6.07) is 10.1. The summed E-state index contributed by atoms with van der Waals surface area (Å²) in [6.45, 7) is 0.648. The first-order valence-electron chi connectivity index (χ1n) is 7.30. The highest BCUT2D eigenvalue weighted by Crippen LogP contribution is 2.37. The van der Waals surface area contributed by atoms with Crippen molar-refractivity contribution >= 4 is 0 Å². The van der Waals surface area contributed by atoms with Gasteiger partial charge in [0.2, 0.25) is 0 Å². The summed E-state index contributed by atoms with van der Waals surface area (Å²) in [5, 5.41) is 12.2. The molecule has 2 aromatic heterocycles. The molecule has 0 aliphatic heterocycles. The van der Waals surface area contributed by atoms with Crippen molar-refractivity contribution in [3.8, 4) is 11.6 Å². The van der Waals surface area contributed by atoms with Gasteiger partial charge in [0.05, 0.1) is 18.3 Å². The number of nitrogens with two attached hydrogens (primary N) is 1. The first-order chi connectivity index (χ1) is 10.7. The van der Waals surface area contributed by atoms with Gasteiger partial charge >= 0.3 is 0 Å². The zero-order chi connectivity index (χ0) is 15.0. The molecule has 1 aromatic carbocycles. The molecular formula is C15H16N6O. The second kappa shape index (κ2) is 5.03. The predicted octanol–water partition coefficient (Wildman–Crippen LogP) is 1.71. The van der Waals surface area contributed by atoms with E-state index in [2.05, 4.69) is 20.5 Å². The Hall–Kier alpha value is -2.54. The van der Waals surface area contributed by atoms with Crippen molar-refractivity contribution in [1.29, 1.82) is 0 Å². The molecule has 1 aliphatic rings. The molecule has 0 bridgehead atoms. The van der Waals surface area contributed by atoms with Gasteiger partial charge in [-0.1, -0.05) is 40.7 Å². The van der Waals surface area contributed by atoms with Crippen molar-refractivity contribution in [3.05, 3.63) is 47.9 Å². The van der Waals surface area contributed by atoms with Crippen molar-refractivity contribution in [2.75, 3.05) is 0 Å². The van der Waals surface area contributed by atoms with E-state index < -0.39 is 5.54 Å². The molecule has 0 spiro atoms. The van der Waals surface area contributed by atoms with E-state index in [1.54, 1.807) is 10.9 Å². The lowest BCUT2D eigenvalue weighted by Crippen LogP contribution is -2.44. The molecular weight excluding hydrogens is 280 g/mol. The van der Waals surface area contributed by atoms with E-state index in [9.17, 15) is 0 Å². The molecule has 7 nitrogen and oxygen atoms in total. The second-order valence-corrected chi connectivity index (χ2v) is 5.72. The standard InChI is InChI=1S/C15H16N6O/c16-15(7-4-8-15)14-17-13(22-19-14)12-10-21(20-18-12)9-11-5-2-1-3-6-11/h1-3,5-6,10H,4,7-9,16H2. The fourth-order valence-electron chi connectivity index (χ4n) is 2.56. The highest BCUT2D eigenvalue weighted by molar-refractivity contribution is 5.43. The molecule has 22 heavy (non-hydrogen) atoms. The van der Waals surface area contributed by atoms with Crippen LogP contribution in [0.4, 0.5) is 0 Å². The van der Waals surface area contributed by atoms with Gasteiger partial charge in [-0.2, -0.15) is 4.98 Å². The number of benzene rings is 1. The first-order valence-corrected chi connectivity index (χ1v) is 7.30. The summed E-state index contributed by atoms with van der Waals surface area (Å²) in [5.74, 6) is 0.928. The molecule has 4 rings (SSSR count). The van der Waals surface area contributed by atoms with Gasteiger partial charge in [-0.25, -0.2) is 4.68 Å². The van der Waals surface area contributed by atoms with Gasteiger partial charge in [-0.05, 0) is 24.8 Å². The molecule has 2 heterocycles. The zero-order valence-electron chi connectivity index (χ0n) is 12.0. The average molecular weight is 296 g/mol. The van der Waals surface area contributed by atoms with E-state index >= 15 is 0 Å². The van der Waals surface area contributed by atoms with Crippen LogP contribution in [0.1, 0.15) is 30.7 Å². The Morgan fingerprint density at radius 1 is 1.23 bits per heavy atom.